The first-order valence-electron chi connectivity index (χ1n) is 4.41. The van der Waals surface area contributed by atoms with Crippen LogP contribution in [0.1, 0.15) is 31.3 Å². The number of hydrogen-bond acceptors (Lipinski definition) is 6. The fourth-order valence-corrected chi connectivity index (χ4v) is 1.07. The van der Waals surface area contributed by atoms with Crippen LogP contribution in [0.25, 0.3) is 0 Å². The highest BCUT2D eigenvalue weighted by Crippen LogP contribution is 2.08. The number of hydrogen-bond donors (Lipinski definition) is 1. The zero-order valence-corrected chi connectivity index (χ0v) is 9.09. The highest BCUT2D eigenvalue weighted by molar-refractivity contribution is 5.97. The van der Waals surface area contributed by atoms with Crippen LogP contribution in [0.4, 0.5) is 0 Å². The summed E-state index contributed by atoms with van der Waals surface area (Å²) in [6, 6.07) is 2.03. The summed E-state index contributed by atoms with van der Waals surface area (Å²) < 4.78 is 8.79. The van der Waals surface area contributed by atoms with Crippen LogP contribution in [-0.4, -0.2) is 42.2 Å². The second kappa shape index (κ2) is 5.06. The van der Waals surface area contributed by atoms with Crippen molar-refractivity contribution in [1.82, 2.24) is 4.98 Å². The highest BCUT2D eigenvalue weighted by atomic mass is 16.5. The molecule has 0 spiro atoms. The first-order chi connectivity index (χ1) is 7.99. The van der Waals surface area contributed by atoms with E-state index >= 15 is 0 Å². The van der Waals surface area contributed by atoms with Crippen LogP contribution in [0.2, 0.25) is 0 Å². The summed E-state index contributed by atoms with van der Waals surface area (Å²) in [6.07, 6.45) is 0. The maximum Gasteiger partial charge on any atom is 0.356 e. The van der Waals surface area contributed by atoms with Crippen molar-refractivity contribution in [1.29, 1.82) is 0 Å². The van der Waals surface area contributed by atoms with Gasteiger partial charge in [0.1, 0.15) is 11.4 Å². The zero-order chi connectivity index (χ0) is 13.0. The Morgan fingerprint density at radius 1 is 1.06 bits per heavy atom. The highest BCUT2D eigenvalue weighted by Gasteiger charge is 2.18. The third-order valence-electron chi connectivity index (χ3n) is 1.86. The minimum absolute atomic E-state index is 0.249. The largest absolute Gasteiger partial charge is 0.478 e. The van der Waals surface area contributed by atoms with Crippen LogP contribution < -0.4 is 0 Å². The van der Waals surface area contributed by atoms with Crippen molar-refractivity contribution in [3.63, 3.8) is 0 Å². The molecule has 1 heterocycles. The fourth-order valence-electron chi connectivity index (χ4n) is 1.07. The van der Waals surface area contributed by atoms with E-state index in [1.165, 1.54) is 0 Å². The average molecular weight is 239 g/mol. The van der Waals surface area contributed by atoms with Gasteiger partial charge in [0, 0.05) is 0 Å². The Balaban J connectivity index is 3.33. The molecular weight excluding hydrogens is 230 g/mol. The molecule has 7 nitrogen and oxygen atoms in total. The van der Waals surface area contributed by atoms with Crippen molar-refractivity contribution >= 4 is 17.9 Å². The molecular formula is C10H9NO6. The number of rotatable bonds is 3. The molecule has 0 amide bonds. The van der Waals surface area contributed by atoms with Gasteiger partial charge >= 0.3 is 17.9 Å². The Kier molecular flexibility index (Phi) is 3.76. The minimum Gasteiger partial charge on any atom is -0.478 e. The molecule has 0 radical (unpaired) electrons. The molecule has 0 aliphatic heterocycles. The topological polar surface area (TPSA) is 103 Å². The van der Waals surface area contributed by atoms with Gasteiger partial charge in [-0.15, -0.1) is 0 Å². The molecule has 0 aromatic carbocycles. The van der Waals surface area contributed by atoms with E-state index in [2.05, 4.69) is 14.5 Å². The minimum atomic E-state index is -1.29. The Hall–Kier alpha value is -2.44. The van der Waals surface area contributed by atoms with Gasteiger partial charge in [-0.3, -0.25) is 0 Å². The van der Waals surface area contributed by atoms with Crippen molar-refractivity contribution in [3.8, 4) is 0 Å². The summed E-state index contributed by atoms with van der Waals surface area (Å²) in [7, 11) is 2.24. The van der Waals surface area contributed by atoms with Gasteiger partial charge in [-0.1, -0.05) is 0 Å². The maximum atomic E-state index is 11.2. The van der Waals surface area contributed by atoms with Crippen LogP contribution in [0.15, 0.2) is 12.1 Å². The maximum absolute atomic E-state index is 11.2. The van der Waals surface area contributed by atoms with Crippen LogP contribution >= 0.6 is 0 Å². The van der Waals surface area contributed by atoms with Gasteiger partial charge in [0.2, 0.25) is 0 Å². The average Bonchev–Trinajstić information content (AvgIpc) is 2.36. The Morgan fingerprint density at radius 2 is 1.47 bits per heavy atom. The standard InChI is InChI=1S/C10H9NO6/c1-16-9(14)6-3-5(8(12)13)4-7(11-6)10(15)17-2/h3-4H,1-2H3,(H,12,13). The van der Waals surface area contributed by atoms with Crippen molar-refractivity contribution in [3.05, 3.63) is 29.1 Å². The van der Waals surface area contributed by atoms with Crippen molar-refractivity contribution in [2.45, 2.75) is 0 Å². The lowest BCUT2D eigenvalue weighted by Crippen LogP contribution is -2.13. The molecule has 0 unspecified atom stereocenters. The van der Waals surface area contributed by atoms with Crippen LogP contribution in [0.3, 0.4) is 0 Å². The number of pyridine rings is 1. The molecule has 0 atom stereocenters. The third kappa shape index (κ3) is 2.77. The Labute approximate surface area is 96.0 Å². The van der Waals surface area contributed by atoms with E-state index in [4.69, 9.17) is 5.11 Å². The summed E-state index contributed by atoms with van der Waals surface area (Å²) in [6.45, 7) is 0. The molecule has 0 saturated carbocycles. The van der Waals surface area contributed by atoms with E-state index in [9.17, 15) is 14.4 Å². The number of methoxy groups -OCH3 is 2. The van der Waals surface area contributed by atoms with E-state index in [0.717, 1.165) is 26.4 Å². The van der Waals surface area contributed by atoms with Crippen LogP contribution in [0.5, 0.6) is 0 Å². The van der Waals surface area contributed by atoms with E-state index in [1.807, 2.05) is 0 Å². The lowest BCUT2D eigenvalue weighted by atomic mass is 10.2. The molecule has 1 aromatic heterocycles. The molecule has 17 heavy (non-hydrogen) atoms. The number of carboxylic acid groups (broad SMARTS) is 1. The van der Waals surface area contributed by atoms with Gasteiger partial charge in [-0.2, -0.15) is 0 Å². The van der Waals surface area contributed by atoms with Gasteiger partial charge in [-0.25, -0.2) is 19.4 Å². The van der Waals surface area contributed by atoms with Gasteiger partial charge in [0.25, 0.3) is 0 Å². The SMILES string of the molecule is COC(=O)c1cc(C(=O)O)cc(C(=O)OC)n1. The number of ether oxygens (including phenoxy) is 2. The van der Waals surface area contributed by atoms with Gasteiger partial charge in [0.05, 0.1) is 19.8 Å². The number of carboxylic acids is 1. The summed E-state index contributed by atoms with van der Waals surface area (Å²) in [5.74, 6) is -2.96. The molecule has 0 saturated heterocycles. The first kappa shape index (κ1) is 12.6. The molecule has 0 aliphatic carbocycles. The van der Waals surface area contributed by atoms with E-state index in [1.54, 1.807) is 0 Å². The predicted molar refractivity (Wildman–Crippen MR) is 53.9 cm³/mol. The normalized spacial score (nSPS) is 9.53. The smallest absolute Gasteiger partial charge is 0.356 e. The van der Waals surface area contributed by atoms with Crippen LogP contribution in [-0.2, 0) is 9.47 Å². The quantitative estimate of drug-likeness (QED) is 0.759. The van der Waals surface area contributed by atoms with E-state index in [0.29, 0.717) is 0 Å². The zero-order valence-electron chi connectivity index (χ0n) is 9.09. The van der Waals surface area contributed by atoms with Gasteiger partial charge in [-0.05, 0) is 12.1 Å². The molecule has 7 heteroatoms. The molecule has 0 fully saturated rings. The van der Waals surface area contributed by atoms with Crippen molar-refractivity contribution < 1.29 is 29.0 Å². The Bertz CT molecular complexity index is 447. The second-order valence-electron chi connectivity index (χ2n) is 2.91. The number of esters is 2. The lowest BCUT2D eigenvalue weighted by molar-refractivity contribution is 0.0586. The van der Waals surface area contributed by atoms with E-state index < -0.39 is 17.9 Å². The summed E-state index contributed by atoms with van der Waals surface area (Å²) in [4.78, 5) is 36.9. The van der Waals surface area contributed by atoms with Gasteiger partial charge in [0.15, 0.2) is 0 Å². The number of nitrogens with zero attached hydrogens (tertiary/aromatic N) is 1. The van der Waals surface area contributed by atoms with E-state index in [-0.39, 0.29) is 17.0 Å². The number of aromatic carboxylic acids is 1. The number of carbonyl (C=O) groups excluding carboxylic acids is 2. The summed E-state index contributed by atoms with van der Waals surface area (Å²) >= 11 is 0. The van der Waals surface area contributed by atoms with Gasteiger partial charge < -0.3 is 14.6 Å². The first-order valence-corrected chi connectivity index (χ1v) is 4.41. The summed E-state index contributed by atoms with van der Waals surface area (Å²) in [5.41, 5.74) is -0.790. The fraction of sp³-hybridized carbons (Fsp3) is 0.200. The Morgan fingerprint density at radius 3 is 1.76 bits per heavy atom. The van der Waals surface area contributed by atoms with Crippen molar-refractivity contribution in [2.24, 2.45) is 0 Å². The molecule has 0 bridgehead atoms. The number of aromatic nitrogens is 1. The molecule has 1 N–H and O–H groups in total. The lowest BCUT2D eigenvalue weighted by Gasteiger charge is -2.04. The summed E-state index contributed by atoms with van der Waals surface area (Å²) in [5, 5.41) is 8.81. The van der Waals surface area contributed by atoms with Crippen LogP contribution in [0, 0.1) is 0 Å². The molecule has 0 aliphatic rings. The number of carbonyl (C=O) groups is 3. The third-order valence-corrected chi connectivity index (χ3v) is 1.86. The second-order valence-corrected chi connectivity index (χ2v) is 2.91. The molecule has 1 rings (SSSR count). The monoisotopic (exact) mass is 239 g/mol. The van der Waals surface area contributed by atoms with Crippen molar-refractivity contribution in [2.75, 3.05) is 14.2 Å². The molecule has 90 valence electrons. The predicted octanol–water partition coefficient (Wildman–Crippen LogP) is 0.353. The molecule has 1 aromatic rings.